The van der Waals surface area contributed by atoms with E-state index < -0.39 is 0 Å². The quantitative estimate of drug-likeness (QED) is 0.746. The van der Waals surface area contributed by atoms with Crippen molar-refractivity contribution in [3.8, 4) is 0 Å². The molecule has 0 fully saturated rings. The first kappa shape index (κ1) is 14.8. The molecule has 0 unspecified atom stereocenters. The molecular formula is C18H23NO. The summed E-state index contributed by atoms with van der Waals surface area (Å²) < 4.78 is 5.79. The first-order valence-electron chi connectivity index (χ1n) is 7.28. The normalized spacial score (nSPS) is 10.7. The molecule has 0 spiro atoms. The Bertz CT molecular complexity index is 496. The monoisotopic (exact) mass is 269 g/mol. The summed E-state index contributed by atoms with van der Waals surface area (Å²) in [6.45, 7) is 2.17. The smallest absolute Gasteiger partial charge is 0.0719 e. The van der Waals surface area contributed by atoms with Gasteiger partial charge in [0.2, 0.25) is 0 Å². The maximum atomic E-state index is 5.79. The second-order valence-corrected chi connectivity index (χ2v) is 4.95. The first-order chi connectivity index (χ1) is 9.90. The standard InChI is InChI=1S/C18H23NO/c19-13-12-17-10-4-5-11-18(17)15-20-14-6-9-16-7-2-1-3-8-16/h1-5,7-8,10-11H,6,9,12-15,19H2. The summed E-state index contributed by atoms with van der Waals surface area (Å²) in [4.78, 5) is 0. The van der Waals surface area contributed by atoms with Crippen molar-refractivity contribution in [2.75, 3.05) is 13.2 Å². The number of benzene rings is 2. The topological polar surface area (TPSA) is 35.2 Å². The molecule has 2 nitrogen and oxygen atoms in total. The van der Waals surface area contributed by atoms with Crippen molar-refractivity contribution in [2.45, 2.75) is 25.9 Å². The minimum Gasteiger partial charge on any atom is -0.377 e. The fraction of sp³-hybridized carbons (Fsp3) is 0.333. The Morgan fingerprint density at radius 3 is 2.25 bits per heavy atom. The van der Waals surface area contributed by atoms with E-state index in [1.54, 1.807) is 0 Å². The van der Waals surface area contributed by atoms with Crippen LogP contribution < -0.4 is 5.73 Å². The Hall–Kier alpha value is -1.64. The molecule has 0 bridgehead atoms. The number of nitrogens with two attached hydrogens (primary N) is 1. The van der Waals surface area contributed by atoms with Crippen molar-refractivity contribution in [1.29, 1.82) is 0 Å². The van der Waals surface area contributed by atoms with E-state index in [-0.39, 0.29) is 0 Å². The fourth-order valence-corrected chi connectivity index (χ4v) is 2.30. The average Bonchev–Trinajstić information content (AvgIpc) is 2.50. The number of ether oxygens (including phenoxy) is 1. The van der Waals surface area contributed by atoms with Crippen LogP contribution in [0.3, 0.4) is 0 Å². The maximum Gasteiger partial charge on any atom is 0.0719 e. The van der Waals surface area contributed by atoms with Gasteiger partial charge < -0.3 is 10.5 Å². The van der Waals surface area contributed by atoms with Crippen LogP contribution in [0.4, 0.5) is 0 Å². The molecule has 0 radical (unpaired) electrons. The third-order valence-electron chi connectivity index (χ3n) is 3.39. The van der Waals surface area contributed by atoms with Crippen LogP contribution in [0.25, 0.3) is 0 Å². The summed E-state index contributed by atoms with van der Waals surface area (Å²) in [5, 5.41) is 0. The van der Waals surface area contributed by atoms with Crippen LogP contribution in [0.1, 0.15) is 23.1 Å². The van der Waals surface area contributed by atoms with E-state index in [9.17, 15) is 0 Å². The molecule has 0 saturated carbocycles. The first-order valence-corrected chi connectivity index (χ1v) is 7.28. The molecule has 2 N–H and O–H groups in total. The minimum atomic E-state index is 0.685. The molecule has 0 aromatic heterocycles. The van der Waals surface area contributed by atoms with Crippen LogP contribution >= 0.6 is 0 Å². The van der Waals surface area contributed by atoms with Crippen LogP contribution in [0.2, 0.25) is 0 Å². The van der Waals surface area contributed by atoms with Crippen LogP contribution in [-0.4, -0.2) is 13.2 Å². The summed E-state index contributed by atoms with van der Waals surface area (Å²) in [6, 6.07) is 18.9. The molecule has 0 atom stereocenters. The van der Waals surface area contributed by atoms with E-state index in [4.69, 9.17) is 10.5 Å². The van der Waals surface area contributed by atoms with Gasteiger partial charge in [0.25, 0.3) is 0 Å². The van der Waals surface area contributed by atoms with Gasteiger partial charge in [-0.25, -0.2) is 0 Å². The lowest BCUT2D eigenvalue weighted by Crippen LogP contribution is -2.06. The average molecular weight is 269 g/mol. The van der Waals surface area contributed by atoms with E-state index in [2.05, 4.69) is 48.5 Å². The van der Waals surface area contributed by atoms with Crippen molar-refractivity contribution < 1.29 is 4.74 Å². The highest BCUT2D eigenvalue weighted by Crippen LogP contribution is 2.11. The summed E-state index contributed by atoms with van der Waals surface area (Å²) >= 11 is 0. The van der Waals surface area contributed by atoms with Gasteiger partial charge in [-0.05, 0) is 42.5 Å². The molecule has 0 heterocycles. The number of hydrogen-bond acceptors (Lipinski definition) is 2. The van der Waals surface area contributed by atoms with Gasteiger partial charge in [0, 0.05) is 6.61 Å². The lowest BCUT2D eigenvalue weighted by Gasteiger charge is -2.09. The van der Waals surface area contributed by atoms with Crippen molar-refractivity contribution in [3.63, 3.8) is 0 Å². The Kier molecular flexibility index (Phi) is 6.28. The van der Waals surface area contributed by atoms with Gasteiger partial charge in [0.15, 0.2) is 0 Å². The molecule has 2 rings (SSSR count). The molecule has 2 aromatic rings. The fourth-order valence-electron chi connectivity index (χ4n) is 2.30. The molecule has 0 aliphatic heterocycles. The highest BCUT2D eigenvalue weighted by Gasteiger charge is 2.01. The summed E-state index contributed by atoms with van der Waals surface area (Å²) in [5.41, 5.74) is 9.57. The molecule has 20 heavy (non-hydrogen) atoms. The molecule has 0 saturated heterocycles. The SMILES string of the molecule is NCCc1ccccc1COCCCc1ccccc1. The van der Waals surface area contributed by atoms with E-state index in [1.165, 1.54) is 16.7 Å². The Morgan fingerprint density at radius 1 is 0.800 bits per heavy atom. The summed E-state index contributed by atoms with van der Waals surface area (Å²) in [7, 11) is 0. The number of rotatable bonds is 8. The van der Waals surface area contributed by atoms with Crippen LogP contribution in [0.15, 0.2) is 54.6 Å². The van der Waals surface area contributed by atoms with Gasteiger partial charge in [-0.15, -0.1) is 0 Å². The highest BCUT2D eigenvalue weighted by molar-refractivity contribution is 5.26. The van der Waals surface area contributed by atoms with Crippen molar-refractivity contribution in [1.82, 2.24) is 0 Å². The van der Waals surface area contributed by atoms with Crippen molar-refractivity contribution in [3.05, 3.63) is 71.3 Å². The molecule has 0 aliphatic rings. The molecule has 0 amide bonds. The Morgan fingerprint density at radius 2 is 1.50 bits per heavy atom. The number of aryl methyl sites for hydroxylation is 1. The van der Waals surface area contributed by atoms with E-state index in [0.717, 1.165) is 25.9 Å². The predicted molar refractivity (Wildman–Crippen MR) is 83.6 cm³/mol. The molecule has 2 heteroatoms. The zero-order valence-corrected chi connectivity index (χ0v) is 11.9. The van der Waals surface area contributed by atoms with Gasteiger partial charge in [0.05, 0.1) is 6.61 Å². The highest BCUT2D eigenvalue weighted by atomic mass is 16.5. The summed E-state index contributed by atoms with van der Waals surface area (Å²) in [6.07, 6.45) is 3.05. The number of hydrogen-bond donors (Lipinski definition) is 1. The zero-order valence-electron chi connectivity index (χ0n) is 11.9. The Balaban J connectivity index is 1.71. The van der Waals surface area contributed by atoms with Gasteiger partial charge >= 0.3 is 0 Å². The second-order valence-electron chi connectivity index (χ2n) is 4.95. The predicted octanol–water partition coefficient (Wildman–Crippen LogP) is 3.34. The third kappa shape index (κ3) is 4.80. The van der Waals surface area contributed by atoms with Crippen LogP contribution in [0, 0.1) is 0 Å². The van der Waals surface area contributed by atoms with Crippen LogP contribution in [0.5, 0.6) is 0 Å². The molecule has 106 valence electrons. The third-order valence-corrected chi connectivity index (χ3v) is 3.39. The molecular weight excluding hydrogens is 246 g/mol. The maximum absolute atomic E-state index is 5.79. The lowest BCUT2D eigenvalue weighted by atomic mass is 10.1. The van der Waals surface area contributed by atoms with Crippen molar-refractivity contribution in [2.24, 2.45) is 5.73 Å². The second kappa shape index (κ2) is 8.51. The minimum absolute atomic E-state index is 0.685. The van der Waals surface area contributed by atoms with Crippen LogP contribution in [-0.2, 0) is 24.2 Å². The van der Waals surface area contributed by atoms with Crippen molar-refractivity contribution >= 4 is 0 Å². The van der Waals surface area contributed by atoms with Gasteiger partial charge in [-0.2, -0.15) is 0 Å². The largest absolute Gasteiger partial charge is 0.377 e. The van der Waals surface area contributed by atoms with Gasteiger partial charge in [-0.1, -0.05) is 54.6 Å². The summed E-state index contributed by atoms with van der Waals surface area (Å²) in [5.74, 6) is 0. The van der Waals surface area contributed by atoms with E-state index in [1.807, 2.05) is 6.07 Å². The van der Waals surface area contributed by atoms with Gasteiger partial charge in [0.1, 0.15) is 0 Å². The van der Waals surface area contributed by atoms with Gasteiger partial charge in [-0.3, -0.25) is 0 Å². The Labute approximate surface area is 121 Å². The zero-order chi connectivity index (χ0) is 14.0. The molecule has 2 aromatic carbocycles. The lowest BCUT2D eigenvalue weighted by molar-refractivity contribution is 0.118. The molecule has 0 aliphatic carbocycles. The van der Waals surface area contributed by atoms with E-state index in [0.29, 0.717) is 13.2 Å². The van der Waals surface area contributed by atoms with E-state index >= 15 is 0 Å².